The highest BCUT2D eigenvalue weighted by molar-refractivity contribution is 5.75. The lowest BCUT2D eigenvalue weighted by atomic mass is 9.93. The number of likely N-dealkylation sites (tertiary alicyclic amines) is 1. The molecule has 1 aromatic heterocycles. The smallest absolute Gasteiger partial charge is 0.222 e. The Labute approximate surface area is 151 Å². The van der Waals surface area contributed by atoms with Gasteiger partial charge in [-0.15, -0.1) is 0 Å². The van der Waals surface area contributed by atoms with Gasteiger partial charge in [-0.25, -0.2) is 0 Å². The third kappa shape index (κ3) is 4.79. The lowest BCUT2D eigenvalue weighted by Gasteiger charge is -2.29. The van der Waals surface area contributed by atoms with E-state index in [4.69, 9.17) is 4.74 Å². The van der Waals surface area contributed by atoms with Crippen LogP contribution in [0.2, 0.25) is 0 Å². The van der Waals surface area contributed by atoms with E-state index in [2.05, 4.69) is 23.0 Å². The molecule has 2 saturated heterocycles. The van der Waals surface area contributed by atoms with Gasteiger partial charge < -0.3 is 9.64 Å². The van der Waals surface area contributed by atoms with Gasteiger partial charge in [-0.2, -0.15) is 0 Å². The van der Waals surface area contributed by atoms with Crippen LogP contribution in [0.1, 0.15) is 43.7 Å². The molecule has 0 spiro atoms. The molecule has 0 aromatic carbocycles. The molecule has 2 fully saturated rings. The summed E-state index contributed by atoms with van der Waals surface area (Å²) in [5, 5.41) is 0. The Morgan fingerprint density at radius 2 is 2.32 bits per heavy atom. The van der Waals surface area contributed by atoms with E-state index in [9.17, 15) is 4.79 Å². The van der Waals surface area contributed by atoms with Crippen molar-refractivity contribution in [2.75, 3.05) is 40.4 Å². The summed E-state index contributed by atoms with van der Waals surface area (Å²) in [7, 11) is 4.13. The summed E-state index contributed by atoms with van der Waals surface area (Å²) >= 11 is 0. The molecule has 1 unspecified atom stereocenters. The number of hydrogen-bond donors (Lipinski definition) is 0. The molecular weight excluding hydrogens is 314 g/mol. The predicted octanol–water partition coefficient (Wildman–Crippen LogP) is 2.74. The first-order valence-corrected chi connectivity index (χ1v) is 9.57. The van der Waals surface area contributed by atoms with Crippen LogP contribution in [0, 0.1) is 11.8 Å². The number of rotatable bonds is 6. The number of carbonyl (C=O) groups excluding carboxylic acids is 1. The molecule has 1 amide bonds. The summed E-state index contributed by atoms with van der Waals surface area (Å²) in [5.74, 6) is 1.30. The zero-order valence-corrected chi connectivity index (χ0v) is 15.6. The first-order valence-electron chi connectivity index (χ1n) is 9.57. The van der Waals surface area contributed by atoms with Crippen molar-refractivity contribution in [1.82, 2.24) is 14.8 Å². The van der Waals surface area contributed by atoms with Gasteiger partial charge in [0.2, 0.25) is 5.91 Å². The van der Waals surface area contributed by atoms with Crippen molar-refractivity contribution in [3.63, 3.8) is 0 Å². The topological polar surface area (TPSA) is 45.7 Å². The Kier molecular flexibility index (Phi) is 6.43. The van der Waals surface area contributed by atoms with Gasteiger partial charge in [0, 0.05) is 51.7 Å². The van der Waals surface area contributed by atoms with E-state index in [0.29, 0.717) is 24.3 Å². The molecule has 2 aliphatic heterocycles. The van der Waals surface area contributed by atoms with Crippen LogP contribution in [0.5, 0.6) is 0 Å². The number of nitrogens with zero attached hydrogens (tertiary/aromatic N) is 3. The fourth-order valence-electron chi connectivity index (χ4n) is 4.30. The first-order chi connectivity index (χ1) is 12.1. The van der Waals surface area contributed by atoms with Gasteiger partial charge >= 0.3 is 0 Å². The minimum Gasteiger partial charge on any atom is -0.381 e. The Hall–Kier alpha value is -1.46. The van der Waals surface area contributed by atoms with Crippen LogP contribution in [0.3, 0.4) is 0 Å². The maximum Gasteiger partial charge on any atom is 0.222 e. The summed E-state index contributed by atoms with van der Waals surface area (Å²) in [6, 6.07) is 4.51. The highest BCUT2D eigenvalue weighted by Gasteiger charge is 2.34. The molecule has 0 saturated carbocycles. The maximum absolute atomic E-state index is 12.6. The molecular formula is C20H31N3O2. The molecule has 3 rings (SSSR count). The number of pyridine rings is 1. The van der Waals surface area contributed by atoms with Crippen LogP contribution in [-0.4, -0.2) is 61.1 Å². The fraction of sp³-hybridized carbons (Fsp3) is 0.700. The predicted molar refractivity (Wildman–Crippen MR) is 98.1 cm³/mol. The van der Waals surface area contributed by atoms with Crippen molar-refractivity contribution in [1.29, 1.82) is 0 Å². The van der Waals surface area contributed by atoms with Crippen molar-refractivity contribution in [3.05, 3.63) is 30.1 Å². The minimum atomic E-state index is 0.269. The highest BCUT2D eigenvalue weighted by Crippen LogP contribution is 2.36. The molecule has 1 aromatic rings. The lowest BCUT2D eigenvalue weighted by Crippen LogP contribution is -2.34. The van der Waals surface area contributed by atoms with Gasteiger partial charge in [0.25, 0.3) is 0 Å². The monoisotopic (exact) mass is 345 g/mol. The zero-order valence-electron chi connectivity index (χ0n) is 15.6. The second-order valence-electron chi connectivity index (χ2n) is 7.66. The average molecular weight is 345 g/mol. The van der Waals surface area contributed by atoms with E-state index in [0.717, 1.165) is 45.6 Å². The quantitative estimate of drug-likeness (QED) is 0.795. The second-order valence-corrected chi connectivity index (χ2v) is 7.66. The van der Waals surface area contributed by atoms with Crippen LogP contribution in [0.25, 0.3) is 0 Å². The van der Waals surface area contributed by atoms with Gasteiger partial charge in [-0.05, 0) is 62.7 Å². The van der Waals surface area contributed by atoms with Crippen molar-refractivity contribution in [3.8, 4) is 0 Å². The van der Waals surface area contributed by atoms with Crippen LogP contribution < -0.4 is 0 Å². The molecule has 5 heteroatoms. The van der Waals surface area contributed by atoms with Crippen molar-refractivity contribution >= 4 is 5.91 Å². The number of aromatic nitrogens is 1. The van der Waals surface area contributed by atoms with E-state index >= 15 is 0 Å². The molecule has 2 aliphatic rings. The Bertz CT molecular complexity index is 545. The lowest BCUT2D eigenvalue weighted by molar-refractivity contribution is -0.131. The number of amides is 1. The summed E-state index contributed by atoms with van der Waals surface area (Å²) in [5.41, 5.74) is 1.26. The standard InChI is InChI=1S/C20H31N3O2/c1-22-11-9-18(20(22)17-6-3-10-21-13-17)14-23(2)19(24)8-7-16-5-4-12-25-15-16/h3,6,10,13,16,18,20H,4-5,7-9,11-12,14-15H2,1-2H3/t16?,18-,20-/m0/s1. The SMILES string of the molecule is CN(C[C@@H]1CCN(C)[C@H]1c1cccnc1)C(=O)CCC1CCCOC1. The molecule has 0 N–H and O–H groups in total. The van der Waals surface area contributed by atoms with Gasteiger partial charge in [0.15, 0.2) is 0 Å². The molecule has 138 valence electrons. The normalized spacial score (nSPS) is 27.4. The Balaban J connectivity index is 1.52. The van der Waals surface area contributed by atoms with E-state index in [-0.39, 0.29) is 5.91 Å². The maximum atomic E-state index is 12.6. The van der Waals surface area contributed by atoms with Crippen molar-refractivity contribution < 1.29 is 9.53 Å². The molecule has 0 bridgehead atoms. The van der Waals surface area contributed by atoms with Gasteiger partial charge in [0.1, 0.15) is 0 Å². The Morgan fingerprint density at radius 1 is 1.44 bits per heavy atom. The van der Waals surface area contributed by atoms with Crippen molar-refractivity contribution in [2.45, 2.75) is 38.1 Å². The largest absolute Gasteiger partial charge is 0.381 e. The molecule has 5 nitrogen and oxygen atoms in total. The average Bonchev–Trinajstić information content (AvgIpc) is 3.01. The van der Waals surface area contributed by atoms with Gasteiger partial charge in [0.05, 0.1) is 0 Å². The summed E-state index contributed by atoms with van der Waals surface area (Å²) in [6.45, 7) is 3.61. The number of carbonyl (C=O) groups is 1. The summed E-state index contributed by atoms with van der Waals surface area (Å²) in [6.07, 6.45) is 8.85. The second kappa shape index (κ2) is 8.77. The van der Waals surface area contributed by atoms with E-state index in [1.54, 1.807) is 0 Å². The van der Waals surface area contributed by atoms with Crippen LogP contribution >= 0.6 is 0 Å². The number of ether oxygens (including phenoxy) is 1. The fourth-order valence-corrected chi connectivity index (χ4v) is 4.30. The van der Waals surface area contributed by atoms with E-state index in [1.807, 2.05) is 30.4 Å². The van der Waals surface area contributed by atoms with Crippen LogP contribution in [0.15, 0.2) is 24.5 Å². The van der Waals surface area contributed by atoms with Crippen LogP contribution in [-0.2, 0) is 9.53 Å². The molecule has 3 atom stereocenters. The minimum absolute atomic E-state index is 0.269. The summed E-state index contributed by atoms with van der Waals surface area (Å²) < 4.78 is 5.52. The van der Waals surface area contributed by atoms with E-state index in [1.165, 1.54) is 12.0 Å². The number of hydrogen-bond acceptors (Lipinski definition) is 4. The molecule has 3 heterocycles. The molecule has 25 heavy (non-hydrogen) atoms. The third-order valence-corrected chi connectivity index (χ3v) is 5.76. The Morgan fingerprint density at radius 3 is 3.04 bits per heavy atom. The van der Waals surface area contributed by atoms with Crippen molar-refractivity contribution in [2.24, 2.45) is 11.8 Å². The van der Waals surface area contributed by atoms with Gasteiger partial charge in [-0.3, -0.25) is 14.7 Å². The zero-order chi connectivity index (χ0) is 17.6. The van der Waals surface area contributed by atoms with Gasteiger partial charge in [-0.1, -0.05) is 6.07 Å². The van der Waals surface area contributed by atoms with Crippen LogP contribution in [0.4, 0.5) is 0 Å². The highest BCUT2D eigenvalue weighted by atomic mass is 16.5. The molecule has 0 aliphatic carbocycles. The third-order valence-electron chi connectivity index (χ3n) is 5.76. The first kappa shape index (κ1) is 18.3. The molecule has 0 radical (unpaired) electrons. The van der Waals surface area contributed by atoms with E-state index < -0.39 is 0 Å². The summed E-state index contributed by atoms with van der Waals surface area (Å²) in [4.78, 5) is 21.2.